The first-order valence-electron chi connectivity index (χ1n) is 4.27. The molecule has 3 N–H and O–H groups in total. The van der Waals surface area contributed by atoms with E-state index in [4.69, 9.17) is 17.3 Å². The molecule has 4 heteroatoms. The van der Waals surface area contributed by atoms with Gasteiger partial charge < -0.3 is 11.1 Å². The number of nitrogens with zero attached hydrogens (tertiary/aromatic N) is 1. The number of halogens is 1. The minimum atomic E-state index is 0.542. The molecule has 0 bridgehead atoms. The Morgan fingerprint density at radius 1 is 1.54 bits per heavy atom. The van der Waals surface area contributed by atoms with Crippen molar-refractivity contribution in [2.24, 2.45) is 5.73 Å². The second kappa shape index (κ2) is 5.17. The zero-order valence-corrected chi connectivity index (χ0v) is 8.43. The van der Waals surface area contributed by atoms with E-state index in [-0.39, 0.29) is 0 Å². The Morgan fingerprint density at radius 3 is 2.92 bits per heavy atom. The summed E-state index contributed by atoms with van der Waals surface area (Å²) >= 11 is 5.73. The molecule has 0 aliphatic carbocycles. The molecular formula is C9H14ClN3. The molecule has 1 aromatic heterocycles. The number of nitrogens with two attached hydrogens (primary N) is 1. The van der Waals surface area contributed by atoms with Crippen LogP contribution in [0, 0.1) is 6.92 Å². The summed E-state index contributed by atoms with van der Waals surface area (Å²) in [7, 11) is 0. The summed E-state index contributed by atoms with van der Waals surface area (Å²) in [5.74, 6) is 0. The molecule has 0 atom stereocenters. The topological polar surface area (TPSA) is 50.9 Å². The molecule has 3 nitrogen and oxygen atoms in total. The standard InChI is InChI=1S/C9H14ClN3/c1-7-8(6-12-5-4-11)2-3-9(10)13-7/h2-3,12H,4-6,11H2,1H3. The Hall–Kier alpha value is -0.640. The van der Waals surface area contributed by atoms with Crippen molar-refractivity contribution in [1.29, 1.82) is 0 Å². The summed E-state index contributed by atoms with van der Waals surface area (Å²) in [6, 6.07) is 3.78. The second-order valence-electron chi connectivity index (χ2n) is 2.84. The van der Waals surface area contributed by atoms with E-state index in [0.717, 1.165) is 24.3 Å². The zero-order valence-electron chi connectivity index (χ0n) is 7.68. The number of aryl methyl sites for hydroxylation is 1. The smallest absolute Gasteiger partial charge is 0.129 e. The van der Waals surface area contributed by atoms with Crippen LogP contribution in [0.25, 0.3) is 0 Å². The summed E-state index contributed by atoms with van der Waals surface area (Å²) in [6.45, 7) is 4.22. The van der Waals surface area contributed by atoms with Crippen LogP contribution in [0.15, 0.2) is 12.1 Å². The van der Waals surface area contributed by atoms with Gasteiger partial charge in [-0.25, -0.2) is 4.98 Å². The first kappa shape index (κ1) is 10.4. The molecule has 72 valence electrons. The average Bonchev–Trinajstić information content (AvgIpc) is 2.09. The molecule has 0 amide bonds. The minimum absolute atomic E-state index is 0.542. The molecule has 0 aliphatic rings. The lowest BCUT2D eigenvalue weighted by Crippen LogP contribution is -2.22. The van der Waals surface area contributed by atoms with Gasteiger partial charge in [-0.2, -0.15) is 0 Å². The molecule has 0 saturated carbocycles. The zero-order chi connectivity index (χ0) is 9.68. The van der Waals surface area contributed by atoms with E-state index in [9.17, 15) is 0 Å². The highest BCUT2D eigenvalue weighted by molar-refractivity contribution is 6.29. The van der Waals surface area contributed by atoms with Crippen molar-refractivity contribution in [1.82, 2.24) is 10.3 Å². The normalized spacial score (nSPS) is 10.4. The molecule has 13 heavy (non-hydrogen) atoms. The first-order valence-corrected chi connectivity index (χ1v) is 4.64. The van der Waals surface area contributed by atoms with Crippen LogP contribution in [0.5, 0.6) is 0 Å². The van der Waals surface area contributed by atoms with Crippen LogP contribution >= 0.6 is 11.6 Å². The number of hydrogen-bond acceptors (Lipinski definition) is 3. The van der Waals surface area contributed by atoms with Crippen molar-refractivity contribution < 1.29 is 0 Å². The van der Waals surface area contributed by atoms with Gasteiger partial charge in [-0.05, 0) is 18.6 Å². The van der Waals surface area contributed by atoms with Gasteiger partial charge in [0.05, 0.1) is 0 Å². The maximum atomic E-state index is 5.73. The predicted molar refractivity (Wildman–Crippen MR) is 54.7 cm³/mol. The van der Waals surface area contributed by atoms with Crippen LogP contribution in [0.2, 0.25) is 5.15 Å². The molecule has 0 fully saturated rings. The predicted octanol–water partition coefficient (Wildman–Crippen LogP) is 1.09. The third kappa shape index (κ3) is 3.30. The van der Waals surface area contributed by atoms with Crippen molar-refractivity contribution in [2.45, 2.75) is 13.5 Å². The third-order valence-electron chi connectivity index (χ3n) is 1.80. The second-order valence-corrected chi connectivity index (χ2v) is 3.23. The van der Waals surface area contributed by atoms with E-state index in [1.165, 1.54) is 0 Å². The fourth-order valence-electron chi connectivity index (χ4n) is 1.07. The molecular weight excluding hydrogens is 186 g/mol. The Labute approximate surface area is 83.3 Å². The summed E-state index contributed by atoms with van der Waals surface area (Å²) in [5.41, 5.74) is 7.49. The van der Waals surface area contributed by atoms with Gasteiger partial charge in [-0.15, -0.1) is 0 Å². The Bertz CT molecular complexity index is 276. The van der Waals surface area contributed by atoms with Gasteiger partial charge in [0.2, 0.25) is 0 Å². The molecule has 1 aromatic rings. The lowest BCUT2D eigenvalue weighted by atomic mass is 10.2. The Morgan fingerprint density at radius 2 is 2.31 bits per heavy atom. The van der Waals surface area contributed by atoms with Crippen molar-refractivity contribution in [3.05, 3.63) is 28.5 Å². The maximum absolute atomic E-state index is 5.73. The summed E-state index contributed by atoms with van der Waals surface area (Å²) in [6.07, 6.45) is 0. The van der Waals surface area contributed by atoms with Gasteiger partial charge in [0.1, 0.15) is 5.15 Å². The fourth-order valence-corrected chi connectivity index (χ4v) is 1.26. The molecule has 1 heterocycles. The van der Waals surface area contributed by atoms with E-state index < -0.39 is 0 Å². The van der Waals surface area contributed by atoms with E-state index in [1.807, 2.05) is 13.0 Å². The number of hydrogen-bond donors (Lipinski definition) is 2. The summed E-state index contributed by atoms with van der Waals surface area (Å²) in [5, 5.41) is 3.75. The molecule has 0 spiro atoms. The van der Waals surface area contributed by atoms with Crippen molar-refractivity contribution >= 4 is 11.6 Å². The van der Waals surface area contributed by atoms with Gasteiger partial charge >= 0.3 is 0 Å². The van der Waals surface area contributed by atoms with Gasteiger partial charge in [-0.3, -0.25) is 0 Å². The Kier molecular flexibility index (Phi) is 4.15. The maximum Gasteiger partial charge on any atom is 0.129 e. The molecule has 0 saturated heterocycles. The number of pyridine rings is 1. The fraction of sp³-hybridized carbons (Fsp3) is 0.444. The molecule has 0 unspecified atom stereocenters. The van der Waals surface area contributed by atoms with Crippen LogP contribution < -0.4 is 11.1 Å². The van der Waals surface area contributed by atoms with E-state index >= 15 is 0 Å². The third-order valence-corrected chi connectivity index (χ3v) is 2.01. The van der Waals surface area contributed by atoms with Crippen LogP contribution in [0.4, 0.5) is 0 Å². The van der Waals surface area contributed by atoms with Crippen molar-refractivity contribution in [3.63, 3.8) is 0 Å². The number of aromatic nitrogens is 1. The van der Waals surface area contributed by atoms with Gasteiger partial charge in [0.25, 0.3) is 0 Å². The highest BCUT2D eigenvalue weighted by Gasteiger charge is 1.99. The lowest BCUT2D eigenvalue weighted by Gasteiger charge is -2.05. The molecule has 0 aromatic carbocycles. The van der Waals surface area contributed by atoms with E-state index in [2.05, 4.69) is 10.3 Å². The SMILES string of the molecule is Cc1nc(Cl)ccc1CNCCN. The van der Waals surface area contributed by atoms with E-state index in [1.54, 1.807) is 6.07 Å². The monoisotopic (exact) mass is 199 g/mol. The summed E-state index contributed by atoms with van der Waals surface area (Å²) < 4.78 is 0. The van der Waals surface area contributed by atoms with Crippen LogP contribution in [0.1, 0.15) is 11.3 Å². The lowest BCUT2D eigenvalue weighted by molar-refractivity contribution is 0.689. The van der Waals surface area contributed by atoms with Gasteiger partial charge in [0.15, 0.2) is 0 Å². The highest BCUT2D eigenvalue weighted by atomic mass is 35.5. The van der Waals surface area contributed by atoms with E-state index in [0.29, 0.717) is 11.7 Å². The Balaban J connectivity index is 2.56. The molecule has 0 aliphatic heterocycles. The summed E-state index contributed by atoms with van der Waals surface area (Å²) in [4.78, 5) is 4.15. The first-order chi connectivity index (χ1) is 6.24. The van der Waals surface area contributed by atoms with Crippen molar-refractivity contribution in [2.75, 3.05) is 13.1 Å². The molecule has 0 radical (unpaired) electrons. The quantitative estimate of drug-likeness (QED) is 0.564. The minimum Gasteiger partial charge on any atom is -0.329 e. The van der Waals surface area contributed by atoms with Gasteiger partial charge in [0, 0.05) is 25.3 Å². The molecule has 1 rings (SSSR count). The van der Waals surface area contributed by atoms with Crippen LogP contribution in [-0.4, -0.2) is 18.1 Å². The van der Waals surface area contributed by atoms with Crippen molar-refractivity contribution in [3.8, 4) is 0 Å². The number of nitrogens with one attached hydrogen (secondary N) is 1. The highest BCUT2D eigenvalue weighted by Crippen LogP contribution is 2.09. The van der Waals surface area contributed by atoms with Crippen LogP contribution in [0.3, 0.4) is 0 Å². The van der Waals surface area contributed by atoms with Crippen LogP contribution in [-0.2, 0) is 6.54 Å². The average molecular weight is 200 g/mol. The number of rotatable bonds is 4. The largest absolute Gasteiger partial charge is 0.329 e. The van der Waals surface area contributed by atoms with Gasteiger partial charge in [-0.1, -0.05) is 17.7 Å².